The summed E-state index contributed by atoms with van der Waals surface area (Å²) in [7, 11) is 1.47. The number of methoxy groups -OCH3 is 1. The van der Waals surface area contributed by atoms with Gasteiger partial charge in [0.15, 0.2) is 0 Å². The van der Waals surface area contributed by atoms with E-state index < -0.39 is 0 Å². The van der Waals surface area contributed by atoms with Crippen molar-refractivity contribution in [2.24, 2.45) is 5.41 Å². The first kappa shape index (κ1) is 14.5. The zero-order valence-corrected chi connectivity index (χ0v) is 11.7. The predicted octanol–water partition coefficient (Wildman–Crippen LogP) is 2.89. The van der Waals surface area contributed by atoms with Gasteiger partial charge in [-0.3, -0.25) is 4.79 Å². The van der Waals surface area contributed by atoms with Crippen molar-refractivity contribution in [3.8, 4) is 0 Å². The molecule has 0 heterocycles. The maximum absolute atomic E-state index is 11.7. The average Bonchev–Trinajstić information content (AvgIpc) is 2.62. The molecular weight excluding hydrogens is 214 g/mol. The summed E-state index contributed by atoms with van der Waals surface area (Å²) < 4.78 is 4.89. The van der Waals surface area contributed by atoms with Gasteiger partial charge in [0, 0.05) is 6.04 Å². The van der Waals surface area contributed by atoms with Crippen molar-refractivity contribution < 1.29 is 9.53 Å². The van der Waals surface area contributed by atoms with Gasteiger partial charge < -0.3 is 10.1 Å². The van der Waals surface area contributed by atoms with E-state index >= 15 is 0 Å². The summed E-state index contributed by atoms with van der Waals surface area (Å²) >= 11 is 0. The first-order chi connectivity index (χ1) is 8.01. The monoisotopic (exact) mass is 241 g/mol. The molecule has 3 nitrogen and oxygen atoms in total. The fourth-order valence-electron chi connectivity index (χ4n) is 2.70. The molecule has 0 aliphatic heterocycles. The van der Waals surface area contributed by atoms with Crippen molar-refractivity contribution in [3.63, 3.8) is 0 Å². The van der Waals surface area contributed by atoms with E-state index in [2.05, 4.69) is 26.1 Å². The number of hydrogen-bond acceptors (Lipinski definition) is 3. The molecule has 1 aliphatic carbocycles. The molecule has 17 heavy (non-hydrogen) atoms. The second-order valence-corrected chi connectivity index (χ2v) is 5.82. The van der Waals surface area contributed by atoms with Crippen LogP contribution >= 0.6 is 0 Å². The van der Waals surface area contributed by atoms with Crippen molar-refractivity contribution in [2.45, 2.75) is 71.4 Å². The van der Waals surface area contributed by atoms with Crippen molar-refractivity contribution in [1.29, 1.82) is 0 Å². The van der Waals surface area contributed by atoms with Crippen LogP contribution in [-0.4, -0.2) is 25.2 Å². The summed E-state index contributed by atoms with van der Waals surface area (Å²) in [5.74, 6) is -0.110. The normalized spacial score (nSPS) is 24.6. The molecule has 0 spiro atoms. The van der Waals surface area contributed by atoms with Crippen LogP contribution in [0.5, 0.6) is 0 Å². The van der Waals surface area contributed by atoms with E-state index in [4.69, 9.17) is 4.74 Å². The Morgan fingerprint density at radius 1 is 1.53 bits per heavy atom. The highest BCUT2D eigenvalue weighted by Crippen LogP contribution is 2.37. The molecular formula is C14H27NO2. The molecule has 0 bridgehead atoms. The smallest absolute Gasteiger partial charge is 0.322 e. The number of nitrogens with one attached hydrogen (secondary N) is 1. The average molecular weight is 241 g/mol. The first-order valence-electron chi connectivity index (χ1n) is 6.85. The van der Waals surface area contributed by atoms with Crippen molar-refractivity contribution in [2.75, 3.05) is 7.11 Å². The Hall–Kier alpha value is -0.570. The van der Waals surface area contributed by atoms with Crippen LogP contribution in [0.1, 0.15) is 59.3 Å². The Kier molecular flexibility index (Phi) is 5.44. The maximum atomic E-state index is 11.7. The van der Waals surface area contributed by atoms with Crippen LogP contribution in [0.4, 0.5) is 0 Å². The van der Waals surface area contributed by atoms with Gasteiger partial charge in [-0.1, -0.05) is 40.0 Å². The van der Waals surface area contributed by atoms with E-state index in [1.54, 1.807) is 0 Å². The van der Waals surface area contributed by atoms with Crippen LogP contribution in [0, 0.1) is 5.41 Å². The first-order valence-corrected chi connectivity index (χ1v) is 6.85. The number of ether oxygens (including phenoxy) is 1. The minimum atomic E-state index is -0.123. The Bertz CT molecular complexity index is 251. The van der Waals surface area contributed by atoms with Crippen LogP contribution < -0.4 is 5.32 Å². The summed E-state index contributed by atoms with van der Waals surface area (Å²) in [6, 6.07) is 0.325. The number of carbonyl (C=O) groups is 1. The zero-order valence-electron chi connectivity index (χ0n) is 11.7. The Labute approximate surface area is 105 Å². The third kappa shape index (κ3) is 3.98. The third-order valence-corrected chi connectivity index (χ3v) is 3.99. The highest BCUT2D eigenvalue weighted by Gasteiger charge is 2.36. The molecule has 1 N–H and O–H groups in total. The Balaban J connectivity index is 2.56. The van der Waals surface area contributed by atoms with Gasteiger partial charge >= 0.3 is 5.97 Å². The van der Waals surface area contributed by atoms with Gasteiger partial charge in [0.1, 0.15) is 6.04 Å². The minimum Gasteiger partial charge on any atom is -0.468 e. The Morgan fingerprint density at radius 2 is 2.24 bits per heavy atom. The van der Waals surface area contributed by atoms with Gasteiger partial charge in [-0.05, 0) is 24.7 Å². The summed E-state index contributed by atoms with van der Waals surface area (Å²) in [4.78, 5) is 11.7. The van der Waals surface area contributed by atoms with Gasteiger partial charge in [-0.25, -0.2) is 0 Å². The van der Waals surface area contributed by atoms with Gasteiger partial charge in [0.25, 0.3) is 0 Å². The highest BCUT2D eigenvalue weighted by atomic mass is 16.5. The number of carbonyl (C=O) groups excluding carboxylic acids is 1. The quantitative estimate of drug-likeness (QED) is 0.727. The second-order valence-electron chi connectivity index (χ2n) is 5.82. The lowest BCUT2D eigenvalue weighted by Crippen LogP contribution is -2.48. The molecule has 0 aromatic rings. The number of hydrogen-bond donors (Lipinski definition) is 1. The topological polar surface area (TPSA) is 38.3 Å². The van der Waals surface area contributed by atoms with E-state index in [9.17, 15) is 4.79 Å². The van der Waals surface area contributed by atoms with Gasteiger partial charge in [-0.2, -0.15) is 0 Å². The van der Waals surface area contributed by atoms with Crippen molar-refractivity contribution in [1.82, 2.24) is 5.32 Å². The molecule has 2 atom stereocenters. The van der Waals surface area contributed by atoms with Crippen LogP contribution in [0.2, 0.25) is 0 Å². The highest BCUT2D eigenvalue weighted by molar-refractivity contribution is 5.75. The lowest BCUT2D eigenvalue weighted by Gasteiger charge is -2.31. The third-order valence-electron chi connectivity index (χ3n) is 3.99. The van der Waals surface area contributed by atoms with Crippen LogP contribution in [0.25, 0.3) is 0 Å². The summed E-state index contributed by atoms with van der Waals surface area (Å²) in [6.07, 6.45) is 6.74. The summed E-state index contributed by atoms with van der Waals surface area (Å²) in [5.41, 5.74) is 0.304. The van der Waals surface area contributed by atoms with Crippen LogP contribution in [0.15, 0.2) is 0 Å². The molecule has 1 saturated carbocycles. The molecule has 1 fully saturated rings. The largest absolute Gasteiger partial charge is 0.468 e. The lowest BCUT2D eigenvalue weighted by atomic mass is 9.86. The molecule has 1 rings (SSSR count). The summed E-state index contributed by atoms with van der Waals surface area (Å²) in [6.45, 7) is 6.71. The van der Waals surface area contributed by atoms with Crippen molar-refractivity contribution >= 4 is 5.97 Å². The van der Waals surface area contributed by atoms with Crippen LogP contribution in [0.3, 0.4) is 0 Å². The molecule has 100 valence electrons. The molecule has 0 saturated heterocycles. The second kappa shape index (κ2) is 6.39. The number of esters is 1. The minimum absolute atomic E-state index is 0.110. The molecule has 0 aromatic heterocycles. The zero-order chi connectivity index (χ0) is 12.9. The lowest BCUT2D eigenvalue weighted by molar-refractivity contribution is -0.143. The van der Waals surface area contributed by atoms with E-state index in [1.165, 1.54) is 26.4 Å². The standard InChI is InChI=1S/C14H27NO2/c1-5-6-8-11(13(16)17-4)15-12-9-7-10-14(12,2)3/h11-12,15H,5-10H2,1-4H3. The van der Waals surface area contributed by atoms with E-state index in [0.29, 0.717) is 11.5 Å². The molecule has 2 unspecified atom stereocenters. The van der Waals surface area contributed by atoms with E-state index in [0.717, 1.165) is 19.3 Å². The van der Waals surface area contributed by atoms with Gasteiger partial charge in [0.05, 0.1) is 7.11 Å². The van der Waals surface area contributed by atoms with Crippen LogP contribution in [-0.2, 0) is 9.53 Å². The van der Waals surface area contributed by atoms with E-state index in [-0.39, 0.29) is 12.0 Å². The van der Waals surface area contributed by atoms with Gasteiger partial charge in [0.2, 0.25) is 0 Å². The SMILES string of the molecule is CCCCC(NC1CCCC1(C)C)C(=O)OC. The Morgan fingerprint density at radius 3 is 2.71 bits per heavy atom. The van der Waals surface area contributed by atoms with E-state index in [1.807, 2.05) is 0 Å². The molecule has 1 aliphatic rings. The fourth-order valence-corrected chi connectivity index (χ4v) is 2.70. The van der Waals surface area contributed by atoms with Gasteiger partial charge in [-0.15, -0.1) is 0 Å². The number of rotatable bonds is 6. The predicted molar refractivity (Wildman–Crippen MR) is 69.9 cm³/mol. The molecule has 3 heteroatoms. The molecule has 0 radical (unpaired) electrons. The van der Waals surface area contributed by atoms with Crippen molar-refractivity contribution in [3.05, 3.63) is 0 Å². The molecule has 0 aromatic carbocycles. The molecule has 0 amide bonds. The number of unbranched alkanes of at least 4 members (excludes halogenated alkanes) is 1. The summed E-state index contributed by atoms with van der Waals surface area (Å²) in [5, 5.41) is 3.52. The fraction of sp³-hybridized carbons (Fsp3) is 0.929. The maximum Gasteiger partial charge on any atom is 0.322 e.